The molecule has 1 heterocycles. The minimum absolute atomic E-state index is 0.567. The summed E-state index contributed by atoms with van der Waals surface area (Å²) in [7, 11) is 1.62. The van der Waals surface area contributed by atoms with Crippen LogP contribution in [0, 0.1) is 0 Å². The number of fused-ring (bicyclic) bond motifs is 5. The molecule has 0 fully saturated rings. The van der Waals surface area contributed by atoms with Crippen molar-refractivity contribution >= 4 is 16.6 Å². The molecule has 4 heteroatoms. The van der Waals surface area contributed by atoms with E-state index in [4.69, 9.17) is 4.74 Å². The van der Waals surface area contributed by atoms with Gasteiger partial charge in [0.25, 0.3) is 0 Å². The Morgan fingerprint density at radius 2 is 1.90 bits per heavy atom. The van der Waals surface area contributed by atoms with E-state index in [9.17, 15) is 5.21 Å². The van der Waals surface area contributed by atoms with E-state index in [-0.39, 0.29) is 0 Å². The summed E-state index contributed by atoms with van der Waals surface area (Å²) >= 11 is 0. The molecule has 0 spiro atoms. The van der Waals surface area contributed by atoms with Crippen LogP contribution in [0.3, 0.4) is 0 Å². The molecule has 0 unspecified atom stereocenters. The number of rotatable bonds is 1. The van der Waals surface area contributed by atoms with Gasteiger partial charge in [0.05, 0.1) is 12.6 Å². The van der Waals surface area contributed by atoms with Crippen molar-refractivity contribution in [3.63, 3.8) is 0 Å². The van der Waals surface area contributed by atoms with Gasteiger partial charge in [0, 0.05) is 28.3 Å². The zero-order valence-corrected chi connectivity index (χ0v) is 11.4. The van der Waals surface area contributed by atoms with Gasteiger partial charge in [-0.2, -0.15) is 0 Å². The molecule has 4 rings (SSSR count). The highest BCUT2D eigenvalue weighted by molar-refractivity contribution is 6.29. The highest BCUT2D eigenvalue weighted by Crippen LogP contribution is 2.41. The summed E-state index contributed by atoms with van der Waals surface area (Å²) in [5.41, 5.74) is 5.24. The van der Waals surface area contributed by atoms with Gasteiger partial charge in [0.15, 0.2) is 0 Å². The van der Waals surface area contributed by atoms with E-state index in [1.807, 2.05) is 48.7 Å². The first-order valence-corrected chi connectivity index (χ1v) is 6.62. The monoisotopic (exact) mass is 276 g/mol. The minimum atomic E-state index is 0.567. The summed E-state index contributed by atoms with van der Waals surface area (Å²) in [6.45, 7) is 0. The van der Waals surface area contributed by atoms with Crippen molar-refractivity contribution in [2.75, 3.05) is 7.11 Å². The predicted molar refractivity (Wildman–Crippen MR) is 81.2 cm³/mol. The number of pyridine rings is 1. The number of hydrogen-bond acceptors (Lipinski definition) is 4. The van der Waals surface area contributed by atoms with Crippen molar-refractivity contribution in [3.8, 4) is 16.9 Å². The standard InChI is InChI=1S/C17H12N2O2/c1-21-10-6-7-11-13(8-10)17(19-20)16-12-4-2-3-5-15(12)18-9-14(11)16/h2-9,20H,1H3/b19-17+. The van der Waals surface area contributed by atoms with E-state index < -0.39 is 0 Å². The molecule has 0 amide bonds. The number of methoxy groups -OCH3 is 1. The molecule has 4 nitrogen and oxygen atoms in total. The average molecular weight is 276 g/mol. The highest BCUT2D eigenvalue weighted by Gasteiger charge is 2.28. The van der Waals surface area contributed by atoms with Crippen molar-refractivity contribution in [3.05, 3.63) is 59.8 Å². The van der Waals surface area contributed by atoms with E-state index in [2.05, 4.69) is 10.1 Å². The number of nitrogens with zero attached hydrogens (tertiary/aromatic N) is 2. The van der Waals surface area contributed by atoms with Crippen LogP contribution in [0.2, 0.25) is 0 Å². The third kappa shape index (κ3) is 1.56. The largest absolute Gasteiger partial charge is 0.497 e. The fraction of sp³-hybridized carbons (Fsp3) is 0.0588. The first-order chi connectivity index (χ1) is 10.3. The van der Waals surface area contributed by atoms with Gasteiger partial charge in [-0.05, 0) is 29.8 Å². The van der Waals surface area contributed by atoms with Gasteiger partial charge in [0.1, 0.15) is 11.5 Å². The van der Waals surface area contributed by atoms with E-state index in [0.717, 1.165) is 38.9 Å². The quantitative estimate of drug-likeness (QED) is 0.428. The van der Waals surface area contributed by atoms with Crippen LogP contribution in [0.15, 0.2) is 53.8 Å². The maximum Gasteiger partial charge on any atom is 0.119 e. The first kappa shape index (κ1) is 11.9. The second kappa shape index (κ2) is 4.31. The summed E-state index contributed by atoms with van der Waals surface area (Å²) in [4.78, 5) is 4.50. The normalized spacial score (nSPS) is 14.2. The van der Waals surface area contributed by atoms with Crippen molar-refractivity contribution < 1.29 is 9.94 Å². The summed E-state index contributed by atoms with van der Waals surface area (Å²) in [5.74, 6) is 0.736. The lowest BCUT2D eigenvalue weighted by Gasteiger charge is -2.04. The van der Waals surface area contributed by atoms with Gasteiger partial charge in [-0.1, -0.05) is 23.4 Å². The molecule has 21 heavy (non-hydrogen) atoms. The molecule has 0 radical (unpaired) electrons. The Kier molecular flexibility index (Phi) is 2.44. The zero-order valence-electron chi connectivity index (χ0n) is 11.4. The Morgan fingerprint density at radius 3 is 2.71 bits per heavy atom. The summed E-state index contributed by atoms with van der Waals surface area (Å²) in [5, 5.41) is 14.0. The number of para-hydroxylation sites is 1. The van der Waals surface area contributed by atoms with Gasteiger partial charge < -0.3 is 9.94 Å². The Balaban J connectivity index is 2.10. The Bertz CT molecular complexity index is 900. The lowest BCUT2D eigenvalue weighted by Crippen LogP contribution is -2.00. The van der Waals surface area contributed by atoms with Crippen molar-refractivity contribution in [1.29, 1.82) is 0 Å². The van der Waals surface area contributed by atoms with Gasteiger partial charge in [-0.25, -0.2) is 0 Å². The number of hydrogen-bond donors (Lipinski definition) is 1. The van der Waals surface area contributed by atoms with Gasteiger partial charge >= 0.3 is 0 Å². The van der Waals surface area contributed by atoms with Crippen LogP contribution >= 0.6 is 0 Å². The van der Waals surface area contributed by atoms with E-state index in [1.165, 1.54) is 0 Å². The number of benzene rings is 2. The molecule has 1 aliphatic rings. The molecule has 1 aliphatic carbocycles. The summed E-state index contributed by atoms with van der Waals surface area (Å²) in [6.07, 6.45) is 1.83. The average Bonchev–Trinajstić information content (AvgIpc) is 2.87. The molecule has 0 atom stereocenters. The number of ether oxygens (including phenoxy) is 1. The van der Waals surface area contributed by atoms with Crippen molar-refractivity contribution in [2.24, 2.45) is 5.16 Å². The second-order valence-corrected chi connectivity index (χ2v) is 4.92. The Hall–Kier alpha value is -2.88. The van der Waals surface area contributed by atoms with Crippen LogP contribution in [0.25, 0.3) is 22.0 Å². The maximum absolute atomic E-state index is 9.51. The maximum atomic E-state index is 9.51. The molecule has 0 saturated carbocycles. The Labute approximate surface area is 121 Å². The fourth-order valence-electron chi connectivity index (χ4n) is 2.92. The molecular weight excluding hydrogens is 264 g/mol. The van der Waals surface area contributed by atoms with Crippen LogP contribution in [0.5, 0.6) is 5.75 Å². The second-order valence-electron chi connectivity index (χ2n) is 4.92. The molecule has 2 aromatic carbocycles. The molecule has 0 saturated heterocycles. The van der Waals surface area contributed by atoms with Crippen LogP contribution in [-0.2, 0) is 0 Å². The number of aromatic nitrogens is 1. The zero-order chi connectivity index (χ0) is 14.4. The van der Waals surface area contributed by atoms with Crippen LogP contribution in [-0.4, -0.2) is 23.0 Å². The number of oxime groups is 1. The SMILES string of the molecule is COc1ccc2c(c1)/C(=N\O)c1c-2cnc2ccccc12. The summed E-state index contributed by atoms with van der Waals surface area (Å²) < 4.78 is 5.27. The molecule has 0 aliphatic heterocycles. The van der Waals surface area contributed by atoms with Crippen molar-refractivity contribution in [2.45, 2.75) is 0 Å². The van der Waals surface area contributed by atoms with Gasteiger partial charge in [-0.3, -0.25) is 4.98 Å². The van der Waals surface area contributed by atoms with Gasteiger partial charge in [0.2, 0.25) is 0 Å². The summed E-state index contributed by atoms with van der Waals surface area (Å²) in [6, 6.07) is 13.6. The van der Waals surface area contributed by atoms with Crippen LogP contribution < -0.4 is 4.74 Å². The minimum Gasteiger partial charge on any atom is -0.497 e. The molecule has 1 N–H and O–H groups in total. The van der Waals surface area contributed by atoms with Gasteiger partial charge in [-0.15, -0.1) is 0 Å². The van der Waals surface area contributed by atoms with E-state index >= 15 is 0 Å². The third-order valence-corrected chi connectivity index (χ3v) is 3.88. The molecule has 1 aromatic heterocycles. The van der Waals surface area contributed by atoms with E-state index in [0.29, 0.717) is 5.71 Å². The topological polar surface area (TPSA) is 54.7 Å². The van der Waals surface area contributed by atoms with E-state index in [1.54, 1.807) is 7.11 Å². The fourth-order valence-corrected chi connectivity index (χ4v) is 2.92. The van der Waals surface area contributed by atoms with Crippen molar-refractivity contribution in [1.82, 2.24) is 4.98 Å². The predicted octanol–water partition coefficient (Wildman–Crippen LogP) is 3.45. The van der Waals surface area contributed by atoms with Crippen LogP contribution in [0.4, 0.5) is 0 Å². The molecule has 102 valence electrons. The smallest absolute Gasteiger partial charge is 0.119 e. The Morgan fingerprint density at radius 1 is 1.05 bits per heavy atom. The lowest BCUT2D eigenvalue weighted by atomic mass is 10.0. The molecule has 0 bridgehead atoms. The highest BCUT2D eigenvalue weighted by atomic mass is 16.5. The van der Waals surface area contributed by atoms with Crippen LogP contribution in [0.1, 0.15) is 11.1 Å². The lowest BCUT2D eigenvalue weighted by molar-refractivity contribution is 0.320. The molecule has 3 aromatic rings. The first-order valence-electron chi connectivity index (χ1n) is 6.62. The third-order valence-electron chi connectivity index (χ3n) is 3.88. The molecular formula is C17H12N2O2.